The van der Waals surface area contributed by atoms with E-state index >= 15 is 0 Å². The van der Waals surface area contributed by atoms with Gasteiger partial charge in [-0.15, -0.1) is 14.8 Å². The molecule has 0 aliphatic rings. The number of nitrogens with one attached hydrogen (secondary N) is 1. The van der Waals surface area contributed by atoms with Gasteiger partial charge in [-0.25, -0.2) is 0 Å². The van der Waals surface area contributed by atoms with Crippen LogP contribution in [0.2, 0.25) is 0 Å². The maximum Gasteiger partial charge on any atom is 0.303 e. The molecule has 0 aliphatic heterocycles. The molecule has 0 saturated heterocycles. The third-order valence-corrected chi connectivity index (χ3v) is 2.44. The predicted octanol–water partition coefficient (Wildman–Crippen LogP) is 0.576. The molecule has 2 heterocycles. The van der Waals surface area contributed by atoms with Gasteiger partial charge in [0.1, 0.15) is 5.82 Å². The van der Waals surface area contributed by atoms with Crippen LogP contribution >= 0.6 is 0 Å². The molecule has 0 bridgehead atoms. The van der Waals surface area contributed by atoms with E-state index in [4.69, 9.17) is 5.11 Å². The molecule has 8 heteroatoms. The summed E-state index contributed by atoms with van der Waals surface area (Å²) in [5, 5.41) is 26.7. The van der Waals surface area contributed by atoms with E-state index in [1.807, 2.05) is 6.07 Å². The molecule has 0 fully saturated rings. The number of aliphatic carboxylic acids is 1. The summed E-state index contributed by atoms with van der Waals surface area (Å²) >= 11 is 0. The molecule has 0 atom stereocenters. The lowest BCUT2D eigenvalue weighted by atomic mass is 10.2. The Morgan fingerprint density at radius 2 is 2.22 bits per heavy atom. The van der Waals surface area contributed by atoms with E-state index < -0.39 is 5.97 Å². The van der Waals surface area contributed by atoms with Gasteiger partial charge in [-0.2, -0.15) is 0 Å². The smallest absolute Gasteiger partial charge is 0.303 e. The van der Waals surface area contributed by atoms with E-state index in [9.17, 15) is 4.79 Å². The molecule has 18 heavy (non-hydrogen) atoms. The van der Waals surface area contributed by atoms with Gasteiger partial charge in [-0.1, -0.05) is 6.42 Å². The number of aromatic nitrogens is 5. The molecule has 8 nitrogen and oxygen atoms in total. The summed E-state index contributed by atoms with van der Waals surface area (Å²) in [4.78, 5) is 10.3. The molecular formula is C10H14N6O2. The molecule has 2 aromatic heterocycles. The molecule has 0 saturated carbocycles. The van der Waals surface area contributed by atoms with Crippen molar-refractivity contribution in [2.75, 3.05) is 11.9 Å². The summed E-state index contributed by atoms with van der Waals surface area (Å²) < 4.78 is 1.35. The third kappa shape index (κ3) is 3.37. The van der Waals surface area contributed by atoms with Crippen LogP contribution in [-0.2, 0) is 4.79 Å². The maximum absolute atomic E-state index is 10.3. The number of nitrogens with zero attached hydrogens (tertiary/aromatic N) is 5. The van der Waals surface area contributed by atoms with Crippen molar-refractivity contribution in [1.82, 2.24) is 25.3 Å². The Morgan fingerprint density at radius 1 is 1.33 bits per heavy atom. The number of anilines is 1. The Kier molecular flexibility index (Phi) is 4.00. The van der Waals surface area contributed by atoms with E-state index in [1.54, 1.807) is 6.07 Å². The first-order valence-electron chi connectivity index (χ1n) is 5.77. The molecule has 0 spiro atoms. The largest absolute Gasteiger partial charge is 0.481 e. The summed E-state index contributed by atoms with van der Waals surface area (Å²) in [6, 6.07) is 3.59. The monoisotopic (exact) mass is 250 g/mol. The van der Waals surface area contributed by atoms with Crippen LogP contribution in [0, 0.1) is 0 Å². The summed E-state index contributed by atoms with van der Waals surface area (Å²) in [7, 11) is 0. The van der Waals surface area contributed by atoms with Gasteiger partial charge in [-0.3, -0.25) is 4.79 Å². The second-order valence-corrected chi connectivity index (χ2v) is 3.88. The van der Waals surface area contributed by atoms with Crippen molar-refractivity contribution in [1.29, 1.82) is 0 Å². The summed E-state index contributed by atoms with van der Waals surface area (Å²) in [6.45, 7) is 0.750. The van der Waals surface area contributed by atoms with Crippen LogP contribution < -0.4 is 5.32 Å². The summed E-state index contributed by atoms with van der Waals surface area (Å²) in [6.07, 6.45) is 2.72. The highest BCUT2D eigenvalue weighted by Gasteiger charge is 2.00. The van der Waals surface area contributed by atoms with Gasteiger partial charge in [0.05, 0.1) is 0 Å². The van der Waals surface area contributed by atoms with Gasteiger partial charge in [-0.05, 0) is 35.4 Å². The predicted molar refractivity (Wildman–Crippen MR) is 63.2 cm³/mol. The fourth-order valence-corrected chi connectivity index (χ4v) is 1.54. The molecule has 96 valence electrons. The second-order valence-electron chi connectivity index (χ2n) is 3.88. The van der Waals surface area contributed by atoms with Crippen molar-refractivity contribution >= 4 is 17.4 Å². The lowest BCUT2D eigenvalue weighted by molar-refractivity contribution is -0.137. The Morgan fingerprint density at radius 3 is 3.06 bits per heavy atom. The number of carboxylic acid groups (broad SMARTS) is 1. The highest BCUT2D eigenvalue weighted by molar-refractivity contribution is 5.66. The number of carbonyl (C=O) groups is 1. The van der Waals surface area contributed by atoms with Crippen molar-refractivity contribution in [3.8, 4) is 0 Å². The van der Waals surface area contributed by atoms with Gasteiger partial charge in [0.2, 0.25) is 0 Å². The van der Waals surface area contributed by atoms with Crippen LogP contribution in [0.4, 0.5) is 5.82 Å². The Hall–Kier alpha value is -2.25. The number of tetrazole rings is 1. The minimum Gasteiger partial charge on any atom is -0.481 e. The first-order valence-corrected chi connectivity index (χ1v) is 5.77. The minimum absolute atomic E-state index is 0.231. The molecule has 2 N–H and O–H groups in total. The lowest BCUT2D eigenvalue weighted by Crippen LogP contribution is -2.06. The zero-order valence-electron chi connectivity index (χ0n) is 9.78. The van der Waals surface area contributed by atoms with Gasteiger partial charge in [0.15, 0.2) is 5.65 Å². The van der Waals surface area contributed by atoms with Crippen LogP contribution in [0.5, 0.6) is 0 Å². The Bertz CT molecular complexity index is 526. The maximum atomic E-state index is 10.3. The average molecular weight is 250 g/mol. The van der Waals surface area contributed by atoms with E-state index in [1.165, 1.54) is 4.63 Å². The van der Waals surface area contributed by atoms with E-state index in [0.717, 1.165) is 19.4 Å². The fraction of sp³-hybridized carbons (Fsp3) is 0.500. The number of hydrogen-bond acceptors (Lipinski definition) is 6. The minimum atomic E-state index is -0.742. The topological polar surface area (TPSA) is 105 Å². The van der Waals surface area contributed by atoms with Crippen LogP contribution in [0.25, 0.3) is 5.65 Å². The van der Waals surface area contributed by atoms with Crippen LogP contribution in [-0.4, -0.2) is 42.9 Å². The van der Waals surface area contributed by atoms with Crippen molar-refractivity contribution in [2.45, 2.75) is 25.7 Å². The first-order chi connectivity index (χ1) is 8.75. The molecular weight excluding hydrogens is 236 g/mol. The standard InChI is InChI=1S/C10H14N6O2/c17-10(18)4-2-1-3-7-11-8-5-6-9-12-14-15-16(9)13-8/h5-6H,1-4,7H2,(H,11,13)(H,17,18). The van der Waals surface area contributed by atoms with Crippen LogP contribution in [0.1, 0.15) is 25.7 Å². The molecule has 0 unspecified atom stereocenters. The quantitative estimate of drug-likeness (QED) is 0.692. The van der Waals surface area contributed by atoms with Crippen LogP contribution in [0.15, 0.2) is 12.1 Å². The zero-order valence-corrected chi connectivity index (χ0v) is 9.78. The van der Waals surface area contributed by atoms with E-state index in [2.05, 4.69) is 25.9 Å². The highest BCUT2D eigenvalue weighted by atomic mass is 16.4. The van der Waals surface area contributed by atoms with Gasteiger partial charge >= 0.3 is 5.97 Å². The van der Waals surface area contributed by atoms with E-state index in [0.29, 0.717) is 17.9 Å². The van der Waals surface area contributed by atoms with Crippen molar-refractivity contribution in [3.05, 3.63) is 12.1 Å². The first kappa shape index (κ1) is 12.2. The molecule has 2 aromatic rings. The molecule has 0 aliphatic carbocycles. The SMILES string of the molecule is O=C(O)CCCCCNc1ccc2nnnn2n1. The summed E-state index contributed by atoms with van der Waals surface area (Å²) in [5.41, 5.74) is 0.599. The van der Waals surface area contributed by atoms with E-state index in [-0.39, 0.29) is 6.42 Å². The van der Waals surface area contributed by atoms with Gasteiger partial charge in [0, 0.05) is 13.0 Å². The third-order valence-electron chi connectivity index (χ3n) is 2.44. The molecule has 2 rings (SSSR count). The van der Waals surface area contributed by atoms with Crippen LogP contribution in [0.3, 0.4) is 0 Å². The lowest BCUT2D eigenvalue weighted by Gasteiger charge is -2.04. The molecule has 0 aromatic carbocycles. The number of rotatable bonds is 7. The average Bonchev–Trinajstić information content (AvgIpc) is 2.80. The second kappa shape index (κ2) is 5.89. The van der Waals surface area contributed by atoms with Gasteiger partial charge in [0.25, 0.3) is 0 Å². The Balaban J connectivity index is 1.71. The number of fused-ring (bicyclic) bond motifs is 1. The van der Waals surface area contributed by atoms with Crippen molar-refractivity contribution in [2.24, 2.45) is 0 Å². The number of hydrogen-bond donors (Lipinski definition) is 2. The summed E-state index contributed by atoms with van der Waals surface area (Å²) in [5.74, 6) is -0.0400. The van der Waals surface area contributed by atoms with Crippen molar-refractivity contribution in [3.63, 3.8) is 0 Å². The number of carboxylic acids is 1. The molecule has 0 amide bonds. The Labute approximate surface area is 103 Å². The van der Waals surface area contributed by atoms with Crippen molar-refractivity contribution < 1.29 is 9.90 Å². The fourth-order valence-electron chi connectivity index (χ4n) is 1.54. The zero-order chi connectivity index (χ0) is 12.8. The van der Waals surface area contributed by atoms with Gasteiger partial charge < -0.3 is 10.4 Å². The normalized spacial score (nSPS) is 10.7. The molecule has 0 radical (unpaired) electrons. The number of unbranched alkanes of at least 4 members (excludes halogenated alkanes) is 2. The highest BCUT2D eigenvalue weighted by Crippen LogP contribution is 2.05.